The smallest absolute Gasteiger partial charge is 0.264 e. The fourth-order valence-electron chi connectivity index (χ4n) is 4.20. The first kappa shape index (κ1) is 33.9. The van der Waals surface area contributed by atoms with Crippen molar-refractivity contribution in [3.63, 3.8) is 0 Å². The van der Waals surface area contributed by atoms with Gasteiger partial charge in [0.25, 0.3) is 15.9 Å². The molecular weight excluding hydrogens is 678 g/mol. The molecule has 45 heavy (non-hydrogen) atoms. The van der Waals surface area contributed by atoms with E-state index in [2.05, 4.69) is 26.5 Å². The predicted molar refractivity (Wildman–Crippen MR) is 182 cm³/mol. The Bertz CT molecular complexity index is 1730. The van der Waals surface area contributed by atoms with Gasteiger partial charge in [0.05, 0.1) is 35.0 Å². The number of aryl methyl sites for hydroxylation is 1. The Morgan fingerprint density at radius 1 is 1.00 bits per heavy atom. The lowest BCUT2D eigenvalue weighted by atomic mass is 10.2. The monoisotopic (exact) mass is 711 g/mol. The summed E-state index contributed by atoms with van der Waals surface area (Å²) < 4.78 is 46.1. The van der Waals surface area contributed by atoms with Gasteiger partial charge in [0.1, 0.15) is 18.9 Å². The van der Waals surface area contributed by atoms with Crippen LogP contribution in [0, 0.1) is 6.92 Å². The van der Waals surface area contributed by atoms with Crippen molar-refractivity contribution < 1.29 is 27.4 Å². The van der Waals surface area contributed by atoms with Crippen molar-refractivity contribution in [1.29, 1.82) is 0 Å². The van der Waals surface area contributed by atoms with Crippen LogP contribution in [0.4, 0.5) is 5.69 Å². The fraction of sp³-hybridized carbons (Fsp3) is 0.212. The van der Waals surface area contributed by atoms with E-state index in [0.29, 0.717) is 46.2 Å². The lowest BCUT2D eigenvalue weighted by Crippen LogP contribution is -2.39. The summed E-state index contributed by atoms with van der Waals surface area (Å²) in [5.74, 6) is 0.962. The van der Waals surface area contributed by atoms with Gasteiger partial charge < -0.3 is 14.2 Å². The molecule has 0 bridgehead atoms. The fourth-order valence-corrected chi connectivity index (χ4v) is 6.61. The number of hydrogen-bond acceptors (Lipinski definition) is 8. The van der Waals surface area contributed by atoms with Crippen LogP contribution < -0.4 is 23.9 Å². The molecule has 0 radical (unpaired) electrons. The zero-order valence-corrected chi connectivity index (χ0v) is 28.5. The molecule has 12 heteroatoms. The van der Waals surface area contributed by atoms with Crippen molar-refractivity contribution in [2.24, 2.45) is 5.10 Å². The molecule has 0 atom stereocenters. The highest BCUT2D eigenvalue weighted by Gasteiger charge is 2.27. The minimum absolute atomic E-state index is 0.0621. The van der Waals surface area contributed by atoms with Crippen molar-refractivity contribution in [3.05, 3.63) is 106 Å². The maximum Gasteiger partial charge on any atom is 0.264 e. The number of rotatable bonds is 14. The van der Waals surface area contributed by atoms with E-state index in [-0.39, 0.29) is 4.90 Å². The number of hydrazone groups is 1. The van der Waals surface area contributed by atoms with E-state index in [9.17, 15) is 13.2 Å². The van der Waals surface area contributed by atoms with Crippen molar-refractivity contribution in [2.45, 2.75) is 30.2 Å². The highest BCUT2D eigenvalue weighted by atomic mass is 79.9. The molecule has 0 fully saturated rings. The van der Waals surface area contributed by atoms with E-state index >= 15 is 0 Å². The third-order valence-electron chi connectivity index (χ3n) is 6.53. The molecule has 0 saturated heterocycles. The second-order valence-electron chi connectivity index (χ2n) is 9.72. The molecule has 4 aromatic carbocycles. The normalized spacial score (nSPS) is 11.3. The molecule has 236 valence electrons. The summed E-state index contributed by atoms with van der Waals surface area (Å²) in [6, 6.07) is 24.6. The van der Waals surface area contributed by atoms with Crippen LogP contribution in [0.25, 0.3) is 0 Å². The van der Waals surface area contributed by atoms with E-state index in [4.69, 9.17) is 14.2 Å². The third-order valence-corrected chi connectivity index (χ3v) is 9.65. The number of thioether (sulfide) groups is 1. The van der Waals surface area contributed by atoms with E-state index in [1.165, 1.54) is 42.8 Å². The Hall–Kier alpha value is -4.00. The Morgan fingerprint density at radius 3 is 2.31 bits per heavy atom. The highest BCUT2D eigenvalue weighted by molar-refractivity contribution is 9.10. The van der Waals surface area contributed by atoms with E-state index in [1.807, 2.05) is 44.4 Å². The van der Waals surface area contributed by atoms with Gasteiger partial charge in [-0.2, -0.15) is 5.10 Å². The quantitative estimate of drug-likeness (QED) is 0.0870. The minimum atomic E-state index is -4.09. The van der Waals surface area contributed by atoms with E-state index in [0.717, 1.165) is 14.8 Å². The minimum Gasteiger partial charge on any atom is -0.494 e. The van der Waals surface area contributed by atoms with Gasteiger partial charge in [-0.25, -0.2) is 13.8 Å². The SMILES string of the molecule is CCOc1ccc(N(CC(=O)N/N=C\c2cc(Br)c(OCc3ccc(C)cc3)c(OC)c2)S(=O)(=O)c2ccc(SC)cc2)cc1. The van der Waals surface area contributed by atoms with Crippen LogP contribution in [-0.4, -0.2) is 47.1 Å². The number of nitrogens with one attached hydrogen (secondary N) is 1. The van der Waals surface area contributed by atoms with Gasteiger partial charge in [0.2, 0.25) is 0 Å². The first-order valence-electron chi connectivity index (χ1n) is 13.9. The summed E-state index contributed by atoms with van der Waals surface area (Å²) in [5, 5.41) is 4.07. The molecule has 9 nitrogen and oxygen atoms in total. The number of halogens is 1. The van der Waals surface area contributed by atoms with Gasteiger partial charge in [-0.1, -0.05) is 29.8 Å². The van der Waals surface area contributed by atoms with E-state index in [1.54, 1.807) is 48.5 Å². The molecule has 0 unspecified atom stereocenters. The first-order chi connectivity index (χ1) is 21.6. The van der Waals surface area contributed by atoms with Gasteiger partial charge in [-0.05, 0) is 108 Å². The largest absolute Gasteiger partial charge is 0.494 e. The van der Waals surface area contributed by atoms with Crippen molar-refractivity contribution in [3.8, 4) is 17.2 Å². The summed E-state index contributed by atoms with van der Waals surface area (Å²) >= 11 is 5.04. The first-order valence-corrected chi connectivity index (χ1v) is 17.4. The Labute approximate surface area is 276 Å². The summed E-state index contributed by atoms with van der Waals surface area (Å²) in [7, 11) is -2.55. The van der Waals surface area contributed by atoms with Gasteiger partial charge in [0.15, 0.2) is 11.5 Å². The van der Waals surface area contributed by atoms with Crippen molar-refractivity contribution >= 4 is 55.5 Å². The number of amides is 1. The van der Waals surface area contributed by atoms with Crippen LogP contribution >= 0.6 is 27.7 Å². The average Bonchev–Trinajstić information content (AvgIpc) is 3.04. The number of hydrogen-bond donors (Lipinski definition) is 1. The molecular formula is C33H34BrN3O6S2. The summed E-state index contributed by atoms with van der Waals surface area (Å²) in [5.41, 5.74) is 5.54. The number of carbonyl (C=O) groups is 1. The lowest BCUT2D eigenvalue weighted by molar-refractivity contribution is -0.119. The number of sulfonamides is 1. The van der Waals surface area contributed by atoms with E-state index < -0.39 is 22.5 Å². The van der Waals surface area contributed by atoms with Crippen LogP contribution in [0.5, 0.6) is 17.2 Å². The second kappa shape index (κ2) is 15.8. The molecule has 0 saturated carbocycles. The van der Waals surface area contributed by atoms with Crippen LogP contribution in [0.15, 0.2) is 104 Å². The van der Waals surface area contributed by atoms with Gasteiger partial charge >= 0.3 is 0 Å². The summed E-state index contributed by atoms with van der Waals surface area (Å²) in [6.07, 6.45) is 3.34. The van der Waals surface area contributed by atoms with Gasteiger partial charge in [0, 0.05) is 4.90 Å². The van der Waals surface area contributed by atoms with Gasteiger partial charge in [-0.3, -0.25) is 9.10 Å². The lowest BCUT2D eigenvalue weighted by Gasteiger charge is -2.24. The standard InChI is InChI=1S/C33H34BrN3O6S2/c1-5-42-27-12-10-26(11-13-27)37(45(39,40)29-16-14-28(44-4)15-17-29)21-32(38)36-35-20-25-18-30(34)33(31(19-25)41-3)43-22-24-8-6-23(2)7-9-24/h6-20H,5,21-22H2,1-4H3,(H,36,38)/b35-20-. The number of nitrogens with zero attached hydrogens (tertiary/aromatic N) is 2. The molecule has 4 aromatic rings. The molecule has 4 rings (SSSR count). The number of ether oxygens (including phenoxy) is 3. The molecule has 0 aliphatic rings. The number of anilines is 1. The zero-order valence-electron chi connectivity index (χ0n) is 25.3. The predicted octanol–water partition coefficient (Wildman–Crippen LogP) is 6.81. The summed E-state index contributed by atoms with van der Waals surface area (Å²) in [6.45, 7) is 4.20. The average molecular weight is 713 g/mol. The van der Waals surface area contributed by atoms with Crippen LogP contribution in [0.2, 0.25) is 0 Å². The number of methoxy groups -OCH3 is 1. The highest BCUT2D eigenvalue weighted by Crippen LogP contribution is 2.37. The maximum atomic E-state index is 13.7. The van der Waals surface area contributed by atoms with Crippen LogP contribution in [0.3, 0.4) is 0 Å². The molecule has 0 heterocycles. The molecule has 0 aliphatic carbocycles. The molecule has 0 spiro atoms. The number of benzene rings is 4. The van der Waals surface area contributed by atoms with Crippen molar-refractivity contribution in [2.75, 3.05) is 30.8 Å². The number of carbonyl (C=O) groups excluding carboxylic acids is 1. The topological polar surface area (TPSA) is 107 Å². The maximum absolute atomic E-state index is 13.7. The molecule has 0 aliphatic heterocycles. The van der Waals surface area contributed by atoms with Gasteiger partial charge in [-0.15, -0.1) is 11.8 Å². The van der Waals surface area contributed by atoms with Crippen LogP contribution in [0.1, 0.15) is 23.6 Å². The summed E-state index contributed by atoms with van der Waals surface area (Å²) in [4.78, 5) is 14.0. The Kier molecular flexibility index (Phi) is 11.9. The third kappa shape index (κ3) is 9.03. The molecule has 1 amide bonds. The Morgan fingerprint density at radius 2 is 1.69 bits per heavy atom. The van der Waals surface area contributed by atoms with Crippen LogP contribution in [-0.2, 0) is 21.4 Å². The zero-order chi connectivity index (χ0) is 32.4. The van der Waals surface area contributed by atoms with Crippen molar-refractivity contribution in [1.82, 2.24) is 5.43 Å². The molecule has 0 aromatic heterocycles. The molecule has 1 N–H and O–H groups in total. The second-order valence-corrected chi connectivity index (χ2v) is 13.3. The Balaban J connectivity index is 1.49.